The molecule has 0 aliphatic heterocycles. The number of hydrogen-bond donors (Lipinski definition) is 0. The third-order valence-electron chi connectivity index (χ3n) is 1.94. The summed E-state index contributed by atoms with van der Waals surface area (Å²) in [4.78, 5) is 0. The minimum Gasteiger partial charge on any atom is -0.242 e. The minimum atomic E-state index is -0.890. The molecule has 0 saturated carbocycles. The Morgan fingerprint density at radius 2 is 1.83 bits per heavy atom. The maximum absolute atomic E-state index is 13.5. The first-order chi connectivity index (χ1) is 5.63. The van der Waals surface area contributed by atoms with Crippen molar-refractivity contribution in [2.24, 2.45) is 5.92 Å². The van der Waals surface area contributed by atoms with E-state index >= 15 is 0 Å². The third-order valence-corrected chi connectivity index (χ3v) is 1.94. The molecule has 65 valence electrons. The molecular weight excluding hydrogens is 151 g/mol. The summed E-state index contributed by atoms with van der Waals surface area (Å²) in [7, 11) is 0. The van der Waals surface area contributed by atoms with E-state index < -0.39 is 6.17 Å². The van der Waals surface area contributed by atoms with E-state index in [0.717, 1.165) is 5.56 Å². The Hall–Kier alpha value is -0.850. The molecule has 1 atom stereocenters. The van der Waals surface area contributed by atoms with Crippen LogP contribution in [0.3, 0.4) is 0 Å². The van der Waals surface area contributed by atoms with Gasteiger partial charge in [0.1, 0.15) is 6.17 Å². The van der Waals surface area contributed by atoms with Crippen LogP contribution in [0.15, 0.2) is 24.3 Å². The molecule has 1 heteroatoms. The van der Waals surface area contributed by atoms with E-state index in [9.17, 15) is 4.39 Å². The van der Waals surface area contributed by atoms with Gasteiger partial charge in [0.15, 0.2) is 0 Å². The molecule has 0 aliphatic rings. The van der Waals surface area contributed by atoms with Crippen molar-refractivity contribution in [1.82, 2.24) is 0 Å². The predicted octanol–water partition coefficient (Wildman–Crippen LogP) is 3.54. The number of hydrogen-bond acceptors (Lipinski definition) is 0. The predicted molar refractivity (Wildman–Crippen MR) is 49.6 cm³/mol. The van der Waals surface area contributed by atoms with Crippen molar-refractivity contribution in [3.05, 3.63) is 42.3 Å². The van der Waals surface area contributed by atoms with E-state index in [-0.39, 0.29) is 5.92 Å². The van der Waals surface area contributed by atoms with Crippen LogP contribution in [0.25, 0.3) is 0 Å². The summed E-state index contributed by atoms with van der Waals surface area (Å²) in [5.74, 6) is 0.0212. The molecule has 0 amide bonds. The van der Waals surface area contributed by atoms with Crippen molar-refractivity contribution >= 4 is 0 Å². The highest BCUT2D eigenvalue weighted by Crippen LogP contribution is 2.27. The van der Waals surface area contributed by atoms with Crippen molar-refractivity contribution in [2.45, 2.75) is 20.0 Å². The van der Waals surface area contributed by atoms with Crippen LogP contribution >= 0.6 is 0 Å². The Labute approximate surface area is 73.4 Å². The Balaban J connectivity index is 2.94. The summed E-state index contributed by atoms with van der Waals surface area (Å²) >= 11 is 0. The van der Waals surface area contributed by atoms with Gasteiger partial charge in [-0.2, -0.15) is 0 Å². The lowest BCUT2D eigenvalue weighted by molar-refractivity contribution is 0.261. The Kier molecular flexibility index (Phi) is 2.85. The summed E-state index contributed by atoms with van der Waals surface area (Å²) < 4.78 is 13.5. The highest BCUT2D eigenvalue weighted by molar-refractivity contribution is 5.31. The molecule has 0 aromatic heterocycles. The standard InChI is InChI=1S/C11H14F/c1-8(2)11(12)10-7-5-4-6-9(10)3/h4-8,11H,3H2,1-2H3. The van der Waals surface area contributed by atoms with E-state index in [1.807, 2.05) is 32.0 Å². The summed E-state index contributed by atoms with van der Waals surface area (Å²) in [5.41, 5.74) is 1.51. The molecule has 12 heavy (non-hydrogen) atoms. The second-order valence-electron chi connectivity index (χ2n) is 3.34. The molecule has 0 N–H and O–H groups in total. The average molecular weight is 165 g/mol. The van der Waals surface area contributed by atoms with E-state index in [1.54, 1.807) is 6.07 Å². The van der Waals surface area contributed by atoms with Crippen LogP contribution < -0.4 is 0 Å². The molecule has 0 bridgehead atoms. The Morgan fingerprint density at radius 1 is 1.25 bits per heavy atom. The molecule has 0 aliphatic carbocycles. The average Bonchev–Trinajstić information content (AvgIpc) is 2.04. The van der Waals surface area contributed by atoms with Gasteiger partial charge in [-0.1, -0.05) is 38.1 Å². The van der Waals surface area contributed by atoms with Crippen LogP contribution in [0.5, 0.6) is 0 Å². The van der Waals surface area contributed by atoms with Crippen LogP contribution in [0.4, 0.5) is 4.39 Å². The second kappa shape index (κ2) is 3.70. The second-order valence-corrected chi connectivity index (χ2v) is 3.34. The number of alkyl halides is 1. The summed E-state index contributed by atoms with van der Waals surface area (Å²) in [6.45, 7) is 7.53. The zero-order chi connectivity index (χ0) is 9.14. The lowest BCUT2D eigenvalue weighted by Gasteiger charge is -2.14. The molecule has 0 fully saturated rings. The smallest absolute Gasteiger partial charge is 0.128 e. The number of rotatable bonds is 2. The Morgan fingerprint density at radius 3 is 2.33 bits per heavy atom. The van der Waals surface area contributed by atoms with Crippen molar-refractivity contribution in [3.8, 4) is 0 Å². The van der Waals surface area contributed by atoms with Gasteiger partial charge in [-0.15, -0.1) is 0 Å². The molecule has 1 unspecified atom stereocenters. The largest absolute Gasteiger partial charge is 0.242 e. The molecule has 1 radical (unpaired) electrons. The molecule has 0 nitrogen and oxygen atoms in total. The third kappa shape index (κ3) is 1.84. The van der Waals surface area contributed by atoms with Crippen LogP contribution in [0, 0.1) is 12.8 Å². The van der Waals surface area contributed by atoms with E-state index in [4.69, 9.17) is 0 Å². The van der Waals surface area contributed by atoms with Crippen molar-refractivity contribution in [1.29, 1.82) is 0 Å². The van der Waals surface area contributed by atoms with Crippen molar-refractivity contribution < 1.29 is 4.39 Å². The van der Waals surface area contributed by atoms with Gasteiger partial charge in [0.2, 0.25) is 0 Å². The molecular formula is C11H14F. The molecule has 1 rings (SSSR count). The van der Waals surface area contributed by atoms with Gasteiger partial charge in [-0.25, -0.2) is 4.39 Å². The van der Waals surface area contributed by atoms with Gasteiger partial charge in [0.25, 0.3) is 0 Å². The molecule has 0 spiro atoms. The quantitative estimate of drug-likeness (QED) is 0.628. The first-order valence-corrected chi connectivity index (χ1v) is 4.18. The molecule has 0 saturated heterocycles. The van der Waals surface area contributed by atoms with E-state index in [0.29, 0.717) is 5.56 Å². The maximum atomic E-state index is 13.5. The normalized spacial score (nSPS) is 13.4. The fourth-order valence-electron chi connectivity index (χ4n) is 1.16. The van der Waals surface area contributed by atoms with Gasteiger partial charge in [-0.3, -0.25) is 0 Å². The van der Waals surface area contributed by atoms with Crippen LogP contribution in [-0.2, 0) is 0 Å². The zero-order valence-electron chi connectivity index (χ0n) is 7.55. The van der Waals surface area contributed by atoms with Crippen molar-refractivity contribution in [3.63, 3.8) is 0 Å². The topological polar surface area (TPSA) is 0 Å². The fourth-order valence-corrected chi connectivity index (χ4v) is 1.16. The Bertz CT molecular complexity index is 253. The maximum Gasteiger partial charge on any atom is 0.128 e. The van der Waals surface area contributed by atoms with Gasteiger partial charge >= 0.3 is 0 Å². The van der Waals surface area contributed by atoms with Gasteiger partial charge in [0, 0.05) is 0 Å². The van der Waals surface area contributed by atoms with Gasteiger partial charge in [0.05, 0.1) is 0 Å². The minimum absolute atomic E-state index is 0.0212. The van der Waals surface area contributed by atoms with E-state index in [2.05, 4.69) is 6.92 Å². The van der Waals surface area contributed by atoms with Crippen LogP contribution in [0.2, 0.25) is 0 Å². The zero-order valence-corrected chi connectivity index (χ0v) is 7.55. The lowest BCUT2D eigenvalue weighted by Crippen LogP contribution is -2.01. The fraction of sp³-hybridized carbons (Fsp3) is 0.364. The SMILES string of the molecule is [CH2]c1ccccc1C(F)C(C)C. The van der Waals surface area contributed by atoms with Gasteiger partial charge in [-0.05, 0) is 24.0 Å². The monoisotopic (exact) mass is 165 g/mol. The highest BCUT2D eigenvalue weighted by Gasteiger charge is 2.15. The summed E-state index contributed by atoms with van der Waals surface area (Å²) in [6.07, 6.45) is -0.890. The molecule has 0 heterocycles. The molecule has 1 aromatic carbocycles. The summed E-state index contributed by atoms with van der Waals surface area (Å²) in [5, 5.41) is 0. The van der Waals surface area contributed by atoms with Crippen LogP contribution in [-0.4, -0.2) is 0 Å². The van der Waals surface area contributed by atoms with Gasteiger partial charge < -0.3 is 0 Å². The van der Waals surface area contributed by atoms with E-state index in [1.165, 1.54) is 0 Å². The van der Waals surface area contributed by atoms with Crippen molar-refractivity contribution in [2.75, 3.05) is 0 Å². The lowest BCUT2D eigenvalue weighted by atomic mass is 9.97. The first-order valence-electron chi connectivity index (χ1n) is 4.18. The first kappa shape index (κ1) is 9.24. The summed E-state index contributed by atoms with van der Waals surface area (Å²) in [6, 6.07) is 7.36. The highest BCUT2D eigenvalue weighted by atomic mass is 19.1. The molecule has 1 aromatic rings. The van der Waals surface area contributed by atoms with Crippen LogP contribution in [0.1, 0.15) is 31.1 Å². The number of halogens is 1. The number of benzene rings is 1.